The first-order valence-corrected chi connectivity index (χ1v) is 6.15. The summed E-state index contributed by atoms with van der Waals surface area (Å²) in [5.74, 6) is 1.04. The van der Waals surface area contributed by atoms with Gasteiger partial charge in [0.15, 0.2) is 5.16 Å². The zero-order valence-corrected chi connectivity index (χ0v) is 10.3. The molecule has 0 saturated heterocycles. The molecule has 4 nitrogen and oxygen atoms in total. The van der Waals surface area contributed by atoms with Crippen LogP contribution in [0.3, 0.4) is 0 Å². The van der Waals surface area contributed by atoms with Crippen molar-refractivity contribution in [2.75, 3.05) is 5.73 Å². The molecule has 0 aliphatic carbocycles. The SMILES string of the molecule is Cn1c(SCc2ccccc2)nc(N)cc1=O. The van der Waals surface area contributed by atoms with Crippen LogP contribution in [0.25, 0.3) is 0 Å². The van der Waals surface area contributed by atoms with Crippen molar-refractivity contribution in [2.45, 2.75) is 10.9 Å². The fraction of sp³-hybridized carbons (Fsp3) is 0.167. The van der Waals surface area contributed by atoms with Crippen molar-refractivity contribution in [2.24, 2.45) is 7.05 Å². The van der Waals surface area contributed by atoms with Crippen molar-refractivity contribution in [3.63, 3.8) is 0 Å². The number of rotatable bonds is 3. The summed E-state index contributed by atoms with van der Waals surface area (Å²) in [5, 5.41) is 0.638. The van der Waals surface area contributed by atoms with E-state index in [1.165, 1.54) is 28.0 Å². The zero-order valence-electron chi connectivity index (χ0n) is 9.46. The molecule has 0 aliphatic rings. The Morgan fingerprint density at radius 2 is 2.06 bits per heavy atom. The molecule has 0 radical (unpaired) electrons. The first-order chi connectivity index (χ1) is 8.16. The maximum Gasteiger partial charge on any atom is 0.255 e. The number of nitrogens with two attached hydrogens (primary N) is 1. The van der Waals surface area contributed by atoms with Crippen LogP contribution in [0.2, 0.25) is 0 Å². The summed E-state index contributed by atoms with van der Waals surface area (Å²) in [7, 11) is 1.70. The number of anilines is 1. The van der Waals surface area contributed by atoms with Gasteiger partial charge < -0.3 is 5.73 Å². The average molecular weight is 247 g/mol. The van der Waals surface area contributed by atoms with Crippen molar-refractivity contribution >= 4 is 17.6 Å². The van der Waals surface area contributed by atoms with E-state index in [9.17, 15) is 4.79 Å². The Bertz CT molecular complexity index is 566. The Morgan fingerprint density at radius 1 is 1.35 bits per heavy atom. The predicted octanol–water partition coefficient (Wildman–Crippen LogP) is 1.65. The van der Waals surface area contributed by atoms with E-state index in [0.29, 0.717) is 5.16 Å². The van der Waals surface area contributed by atoms with E-state index in [1.54, 1.807) is 7.05 Å². The summed E-state index contributed by atoms with van der Waals surface area (Å²) in [6.45, 7) is 0. The zero-order chi connectivity index (χ0) is 12.3. The van der Waals surface area contributed by atoms with Crippen molar-refractivity contribution in [3.8, 4) is 0 Å². The Balaban J connectivity index is 2.17. The highest BCUT2D eigenvalue weighted by atomic mass is 32.2. The summed E-state index contributed by atoms with van der Waals surface area (Å²) in [4.78, 5) is 15.7. The minimum absolute atomic E-state index is 0.131. The lowest BCUT2D eigenvalue weighted by Crippen LogP contribution is -2.19. The van der Waals surface area contributed by atoms with Gasteiger partial charge in [-0.15, -0.1) is 0 Å². The number of nitrogen functional groups attached to an aromatic ring is 1. The lowest BCUT2D eigenvalue weighted by Gasteiger charge is -2.06. The van der Waals surface area contributed by atoms with Gasteiger partial charge >= 0.3 is 0 Å². The molecule has 88 valence electrons. The molecule has 2 rings (SSSR count). The second kappa shape index (κ2) is 5.05. The molecule has 5 heteroatoms. The summed E-state index contributed by atoms with van der Waals surface area (Å²) in [6.07, 6.45) is 0. The quantitative estimate of drug-likeness (QED) is 0.662. The van der Waals surface area contributed by atoms with Crippen molar-refractivity contribution in [1.82, 2.24) is 9.55 Å². The molecule has 0 fully saturated rings. The highest BCUT2D eigenvalue weighted by Crippen LogP contribution is 2.19. The topological polar surface area (TPSA) is 60.9 Å². The molecule has 2 N–H and O–H groups in total. The fourth-order valence-electron chi connectivity index (χ4n) is 1.39. The highest BCUT2D eigenvalue weighted by Gasteiger charge is 2.04. The number of hydrogen-bond donors (Lipinski definition) is 1. The van der Waals surface area contributed by atoms with Gasteiger partial charge in [0.2, 0.25) is 0 Å². The Kier molecular flexibility index (Phi) is 3.49. The van der Waals surface area contributed by atoms with Crippen LogP contribution in [0.4, 0.5) is 5.82 Å². The lowest BCUT2D eigenvalue weighted by molar-refractivity contribution is 0.712. The number of thioether (sulfide) groups is 1. The molecule has 0 atom stereocenters. The minimum atomic E-state index is -0.131. The third-order valence-electron chi connectivity index (χ3n) is 2.32. The van der Waals surface area contributed by atoms with Crippen LogP contribution in [-0.4, -0.2) is 9.55 Å². The molecular weight excluding hydrogens is 234 g/mol. The van der Waals surface area contributed by atoms with E-state index in [0.717, 1.165) is 5.75 Å². The molecule has 1 heterocycles. The van der Waals surface area contributed by atoms with Crippen LogP contribution in [0.15, 0.2) is 46.3 Å². The maximum atomic E-state index is 11.5. The number of hydrogen-bond acceptors (Lipinski definition) is 4. The molecule has 0 saturated carbocycles. The number of aromatic nitrogens is 2. The van der Waals surface area contributed by atoms with E-state index >= 15 is 0 Å². The van der Waals surface area contributed by atoms with Gasteiger partial charge in [0.25, 0.3) is 5.56 Å². The fourth-order valence-corrected chi connectivity index (χ4v) is 2.33. The molecule has 1 aromatic heterocycles. The Labute approximate surface area is 103 Å². The van der Waals surface area contributed by atoms with Crippen LogP contribution in [0.5, 0.6) is 0 Å². The maximum absolute atomic E-state index is 11.5. The summed E-state index contributed by atoms with van der Waals surface area (Å²) >= 11 is 1.50. The third-order valence-corrected chi connectivity index (χ3v) is 3.43. The largest absolute Gasteiger partial charge is 0.383 e. The Morgan fingerprint density at radius 3 is 2.76 bits per heavy atom. The van der Waals surface area contributed by atoms with E-state index in [1.807, 2.05) is 30.3 Å². The van der Waals surface area contributed by atoms with E-state index in [-0.39, 0.29) is 11.4 Å². The molecule has 2 aromatic rings. The van der Waals surface area contributed by atoms with Gasteiger partial charge in [0.1, 0.15) is 5.82 Å². The molecule has 0 amide bonds. The minimum Gasteiger partial charge on any atom is -0.383 e. The van der Waals surface area contributed by atoms with Crippen molar-refractivity contribution in [3.05, 3.63) is 52.3 Å². The highest BCUT2D eigenvalue weighted by molar-refractivity contribution is 7.98. The van der Waals surface area contributed by atoms with Crippen molar-refractivity contribution < 1.29 is 0 Å². The van der Waals surface area contributed by atoms with Gasteiger partial charge in [-0.3, -0.25) is 9.36 Å². The second-order valence-corrected chi connectivity index (χ2v) is 4.58. The molecule has 1 aromatic carbocycles. The standard InChI is InChI=1S/C12H13N3OS/c1-15-11(16)7-10(13)14-12(15)17-8-9-5-3-2-4-6-9/h2-7H,8,13H2,1H3. The third kappa shape index (κ3) is 2.88. The molecular formula is C12H13N3OS. The van der Waals surface area contributed by atoms with Gasteiger partial charge in [-0.2, -0.15) is 0 Å². The Hall–Kier alpha value is -1.75. The van der Waals surface area contributed by atoms with Gasteiger partial charge in [0.05, 0.1) is 0 Å². The monoisotopic (exact) mass is 247 g/mol. The second-order valence-electron chi connectivity index (χ2n) is 3.64. The van der Waals surface area contributed by atoms with Gasteiger partial charge in [-0.05, 0) is 5.56 Å². The molecule has 17 heavy (non-hydrogen) atoms. The molecule has 0 unspecified atom stereocenters. The van der Waals surface area contributed by atoms with Crippen LogP contribution in [0, 0.1) is 0 Å². The number of nitrogens with zero attached hydrogens (tertiary/aromatic N) is 2. The van der Waals surface area contributed by atoms with E-state index in [4.69, 9.17) is 5.73 Å². The van der Waals surface area contributed by atoms with Crippen LogP contribution >= 0.6 is 11.8 Å². The molecule has 0 bridgehead atoms. The lowest BCUT2D eigenvalue weighted by atomic mass is 10.2. The van der Waals surface area contributed by atoms with E-state index in [2.05, 4.69) is 4.98 Å². The summed E-state index contributed by atoms with van der Waals surface area (Å²) < 4.78 is 1.50. The first-order valence-electron chi connectivity index (χ1n) is 5.17. The molecule has 0 aliphatic heterocycles. The molecule has 0 spiro atoms. The van der Waals surface area contributed by atoms with Crippen LogP contribution < -0.4 is 11.3 Å². The normalized spacial score (nSPS) is 10.4. The summed E-state index contributed by atoms with van der Waals surface area (Å²) in [6, 6.07) is 11.4. The number of benzene rings is 1. The van der Waals surface area contributed by atoms with Crippen molar-refractivity contribution in [1.29, 1.82) is 0 Å². The first kappa shape index (κ1) is 11.7. The van der Waals surface area contributed by atoms with Gasteiger partial charge in [-0.25, -0.2) is 4.98 Å². The smallest absolute Gasteiger partial charge is 0.255 e. The van der Waals surface area contributed by atoms with Crippen LogP contribution in [-0.2, 0) is 12.8 Å². The van der Waals surface area contributed by atoms with Gasteiger partial charge in [-0.1, -0.05) is 42.1 Å². The average Bonchev–Trinajstić information content (AvgIpc) is 2.33. The van der Waals surface area contributed by atoms with Gasteiger partial charge in [0, 0.05) is 18.9 Å². The van der Waals surface area contributed by atoms with E-state index < -0.39 is 0 Å². The summed E-state index contributed by atoms with van der Waals surface area (Å²) in [5.41, 5.74) is 6.62. The predicted molar refractivity (Wildman–Crippen MR) is 69.9 cm³/mol. The van der Waals surface area contributed by atoms with Crippen LogP contribution in [0.1, 0.15) is 5.56 Å².